The van der Waals surface area contributed by atoms with Crippen LogP contribution in [0.4, 0.5) is 0 Å². The fourth-order valence-corrected chi connectivity index (χ4v) is 2.55. The van der Waals surface area contributed by atoms with E-state index in [0.29, 0.717) is 19.8 Å². The zero-order valence-electron chi connectivity index (χ0n) is 11.4. The number of hydrogen-bond acceptors (Lipinski definition) is 5. The quantitative estimate of drug-likeness (QED) is 0.741. The van der Waals surface area contributed by atoms with Gasteiger partial charge in [0.15, 0.2) is 0 Å². The van der Waals surface area contributed by atoms with Crippen molar-refractivity contribution in [3.05, 3.63) is 30.7 Å². The molecular weight excluding hydrogens is 270 g/mol. The molecule has 0 spiro atoms. The Hall–Kier alpha value is -2.25. The molecule has 108 valence electrons. The van der Waals surface area contributed by atoms with Gasteiger partial charge in [-0.05, 0) is 12.1 Å². The van der Waals surface area contributed by atoms with E-state index >= 15 is 0 Å². The summed E-state index contributed by atoms with van der Waals surface area (Å²) in [5, 5.41) is 18.8. The SMILES string of the molecule is OCC1(Cn2cc(-c3cnc4[nH]ccc4c3)nn2)COC1. The fourth-order valence-electron chi connectivity index (χ4n) is 2.55. The number of ether oxygens (including phenoxy) is 1. The molecule has 0 amide bonds. The molecule has 0 bridgehead atoms. The van der Waals surface area contributed by atoms with Gasteiger partial charge in [0.05, 0.1) is 38.0 Å². The first kappa shape index (κ1) is 12.5. The molecule has 1 fully saturated rings. The molecular formula is C14H15N5O2. The molecule has 3 aromatic rings. The normalized spacial score (nSPS) is 17.0. The summed E-state index contributed by atoms with van der Waals surface area (Å²) >= 11 is 0. The summed E-state index contributed by atoms with van der Waals surface area (Å²) in [6.07, 6.45) is 5.52. The van der Waals surface area contributed by atoms with Crippen LogP contribution in [-0.4, -0.2) is 49.9 Å². The number of aliphatic hydroxyl groups excluding tert-OH is 1. The minimum Gasteiger partial charge on any atom is -0.396 e. The number of aliphatic hydroxyl groups is 1. The van der Waals surface area contributed by atoms with Gasteiger partial charge in [-0.25, -0.2) is 4.98 Å². The first-order valence-corrected chi connectivity index (χ1v) is 6.80. The third-order valence-corrected chi connectivity index (χ3v) is 3.88. The summed E-state index contributed by atoms with van der Waals surface area (Å²) in [6, 6.07) is 4.00. The minimum absolute atomic E-state index is 0.0963. The Labute approximate surface area is 120 Å². The molecule has 7 nitrogen and oxygen atoms in total. The van der Waals surface area contributed by atoms with Gasteiger partial charge in [0.1, 0.15) is 11.3 Å². The molecule has 0 atom stereocenters. The molecule has 1 aliphatic rings. The van der Waals surface area contributed by atoms with Gasteiger partial charge in [0.25, 0.3) is 0 Å². The van der Waals surface area contributed by atoms with Gasteiger partial charge in [-0.15, -0.1) is 5.10 Å². The smallest absolute Gasteiger partial charge is 0.137 e. The number of H-pyrrole nitrogens is 1. The molecule has 4 rings (SSSR count). The van der Waals surface area contributed by atoms with Crippen molar-refractivity contribution in [2.45, 2.75) is 6.54 Å². The van der Waals surface area contributed by atoms with E-state index in [9.17, 15) is 5.11 Å². The predicted molar refractivity (Wildman–Crippen MR) is 75.4 cm³/mol. The average Bonchev–Trinajstić information content (AvgIpc) is 3.11. The van der Waals surface area contributed by atoms with Crippen LogP contribution in [0.1, 0.15) is 0 Å². The van der Waals surface area contributed by atoms with Crippen molar-refractivity contribution >= 4 is 11.0 Å². The van der Waals surface area contributed by atoms with Crippen molar-refractivity contribution in [3.8, 4) is 11.3 Å². The zero-order chi connectivity index (χ0) is 14.3. The Morgan fingerprint density at radius 2 is 2.33 bits per heavy atom. The van der Waals surface area contributed by atoms with Gasteiger partial charge in [0.2, 0.25) is 0 Å². The Balaban J connectivity index is 1.61. The maximum Gasteiger partial charge on any atom is 0.137 e. The summed E-state index contributed by atoms with van der Waals surface area (Å²) in [5.41, 5.74) is 2.35. The molecule has 0 aliphatic carbocycles. The van der Waals surface area contributed by atoms with Crippen LogP contribution in [0.2, 0.25) is 0 Å². The molecule has 2 N–H and O–H groups in total. The van der Waals surface area contributed by atoms with E-state index in [1.165, 1.54) is 0 Å². The second-order valence-corrected chi connectivity index (χ2v) is 5.59. The van der Waals surface area contributed by atoms with Crippen molar-refractivity contribution in [1.29, 1.82) is 0 Å². The van der Waals surface area contributed by atoms with Gasteiger partial charge in [-0.1, -0.05) is 5.21 Å². The van der Waals surface area contributed by atoms with E-state index < -0.39 is 0 Å². The van der Waals surface area contributed by atoms with Gasteiger partial charge in [-0.3, -0.25) is 4.68 Å². The molecule has 1 aliphatic heterocycles. The maximum atomic E-state index is 9.46. The lowest BCUT2D eigenvalue weighted by atomic mass is 9.87. The van der Waals surface area contributed by atoms with E-state index in [0.717, 1.165) is 22.3 Å². The van der Waals surface area contributed by atoms with Gasteiger partial charge >= 0.3 is 0 Å². The van der Waals surface area contributed by atoms with Crippen LogP contribution in [0.5, 0.6) is 0 Å². The molecule has 0 radical (unpaired) electrons. The van der Waals surface area contributed by atoms with Crippen LogP contribution < -0.4 is 0 Å². The first-order chi connectivity index (χ1) is 10.3. The summed E-state index contributed by atoms with van der Waals surface area (Å²) in [5.74, 6) is 0. The van der Waals surface area contributed by atoms with Gasteiger partial charge < -0.3 is 14.8 Å². The second kappa shape index (κ2) is 4.64. The molecule has 3 aromatic heterocycles. The zero-order valence-corrected chi connectivity index (χ0v) is 11.4. The number of hydrogen-bond donors (Lipinski definition) is 2. The summed E-state index contributed by atoms with van der Waals surface area (Å²) < 4.78 is 6.96. The number of fused-ring (bicyclic) bond motifs is 1. The minimum atomic E-state index is -0.214. The lowest BCUT2D eigenvalue weighted by molar-refractivity contribution is -0.146. The number of nitrogens with zero attached hydrogens (tertiary/aromatic N) is 4. The van der Waals surface area contributed by atoms with Crippen molar-refractivity contribution in [2.24, 2.45) is 5.41 Å². The average molecular weight is 285 g/mol. The number of aromatic nitrogens is 5. The van der Waals surface area contributed by atoms with Crippen molar-refractivity contribution in [1.82, 2.24) is 25.0 Å². The van der Waals surface area contributed by atoms with Crippen molar-refractivity contribution in [2.75, 3.05) is 19.8 Å². The number of pyridine rings is 1. The van der Waals surface area contributed by atoms with E-state index in [4.69, 9.17) is 4.74 Å². The van der Waals surface area contributed by atoms with Crippen LogP contribution >= 0.6 is 0 Å². The molecule has 0 unspecified atom stereocenters. The highest BCUT2D eigenvalue weighted by molar-refractivity contribution is 5.80. The number of aromatic amines is 1. The van der Waals surface area contributed by atoms with Crippen molar-refractivity contribution < 1.29 is 9.84 Å². The van der Waals surface area contributed by atoms with E-state index in [2.05, 4.69) is 20.3 Å². The summed E-state index contributed by atoms with van der Waals surface area (Å²) in [7, 11) is 0. The molecule has 0 saturated carbocycles. The fraction of sp³-hybridized carbons (Fsp3) is 0.357. The Bertz CT molecular complexity index is 769. The highest BCUT2D eigenvalue weighted by Crippen LogP contribution is 2.29. The third kappa shape index (κ3) is 2.10. The van der Waals surface area contributed by atoms with E-state index in [1.807, 2.05) is 24.5 Å². The van der Waals surface area contributed by atoms with Crippen LogP contribution in [-0.2, 0) is 11.3 Å². The summed E-state index contributed by atoms with van der Waals surface area (Å²) in [6.45, 7) is 1.83. The Morgan fingerprint density at radius 3 is 3.10 bits per heavy atom. The highest BCUT2D eigenvalue weighted by atomic mass is 16.5. The van der Waals surface area contributed by atoms with E-state index in [-0.39, 0.29) is 12.0 Å². The van der Waals surface area contributed by atoms with Gasteiger partial charge in [-0.2, -0.15) is 0 Å². The second-order valence-electron chi connectivity index (χ2n) is 5.59. The number of nitrogens with one attached hydrogen (secondary N) is 1. The summed E-state index contributed by atoms with van der Waals surface area (Å²) in [4.78, 5) is 7.42. The van der Waals surface area contributed by atoms with Gasteiger partial charge in [0, 0.05) is 23.3 Å². The molecule has 4 heterocycles. The largest absolute Gasteiger partial charge is 0.396 e. The monoisotopic (exact) mass is 285 g/mol. The lowest BCUT2D eigenvalue weighted by Crippen LogP contribution is -2.48. The van der Waals surface area contributed by atoms with Crippen LogP contribution in [0, 0.1) is 5.41 Å². The number of rotatable bonds is 4. The van der Waals surface area contributed by atoms with E-state index in [1.54, 1.807) is 10.9 Å². The first-order valence-electron chi connectivity index (χ1n) is 6.80. The molecule has 7 heteroatoms. The maximum absolute atomic E-state index is 9.46. The lowest BCUT2D eigenvalue weighted by Gasteiger charge is -2.39. The third-order valence-electron chi connectivity index (χ3n) is 3.88. The van der Waals surface area contributed by atoms with Crippen LogP contribution in [0.3, 0.4) is 0 Å². The highest BCUT2D eigenvalue weighted by Gasteiger charge is 2.38. The molecule has 1 saturated heterocycles. The Kier molecular flexibility index (Phi) is 2.76. The predicted octanol–water partition coefficient (Wildman–Crippen LogP) is 0.830. The topological polar surface area (TPSA) is 88.8 Å². The standard InChI is InChI=1S/C14H15N5O2/c20-7-14(8-21-9-14)6-19-5-12(17-18-19)11-3-10-1-2-15-13(10)16-4-11/h1-5,20H,6-9H2,(H,15,16). The molecule has 0 aromatic carbocycles. The van der Waals surface area contributed by atoms with Crippen molar-refractivity contribution in [3.63, 3.8) is 0 Å². The Morgan fingerprint density at radius 1 is 1.43 bits per heavy atom. The molecule has 21 heavy (non-hydrogen) atoms. The van der Waals surface area contributed by atoms with Crippen LogP contribution in [0.25, 0.3) is 22.3 Å². The van der Waals surface area contributed by atoms with Crippen LogP contribution in [0.15, 0.2) is 30.7 Å².